The number of fused-ring (bicyclic) bond motifs is 2. The maximum absolute atomic E-state index is 13.2. The van der Waals surface area contributed by atoms with Crippen molar-refractivity contribution in [1.82, 2.24) is 20.0 Å². The largest absolute Gasteiger partial charge is 0.354 e. The molecule has 0 saturated carbocycles. The Hall–Kier alpha value is -2.67. The van der Waals surface area contributed by atoms with Gasteiger partial charge in [0.2, 0.25) is 5.91 Å². The fourth-order valence-corrected chi connectivity index (χ4v) is 5.38. The second kappa shape index (κ2) is 6.20. The summed E-state index contributed by atoms with van der Waals surface area (Å²) in [6, 6.07) is 11.9. The summed E-state index contributed by atoms with van der Waals surface area (Å²) in [5, 5.41) is 8.57. The second-order valence-corrected chi connectivity index (χ2v) is 8.25. The number of aromatic nitrogens is 2. The van der Waals surface area contributed by atoms with Gasteiger partial charge in [-0.25, -0.2) is 4.68 Å². The van der Waals surface area contributed by atoms with Gasteiger partial charge in [-0.3, -0.25) is 9.59 Å². The summed E-state index contributed by atoms with van der Waals surface area (Å²) in [7, 11) is 0. The van der Waals surface area contributed by atoms with E-state index in [1.807, 2.05) is 52.9 Å². The molecule has 7 heteroatoms. The number of nitrogens with one attached hydrogen (secondary N) is 1. The highest BCUT2D eigenvalue weighted by molar-refractivity contribution is 7.20. The third kappa shape index (κ3) is 2.56. The van der Waals surface area contributed by atoms with Crippen molar-refractivity contribution in [3.05, 3.63) is 47.0 Å². The molecule has 1 N–H and O–H groups in total. The lowest BCUT2D eigenvalue weighted by atomic mass is 9.91. The zero-order chi connectivity index (χ0) is 18.5. The molecule has 0 unspecified atom stereocenters. The molecule has 0 bridgehead atoms. The summed E-state index contributed by atoms with van der Waals surface area (Å²) in [6.45, 7) is 3.25. The summed E-state index contributed by atoms with van der Waals surface area (Å²) in [5.41, 5.74) is 1.90. The topological polar surface area (TPSA) is 67.2 Å². The van der Waals surface area contributed by atoms with Gasteiger partial charge >= 0.3 is 0 Å². The van der Waals surface area contributed by atoms with E-state index >= 15 is 0 Å². The monoisotopic (exact) mass is 380 g/mol. The van der Waals surface area contributed by atoms with Crippen molar-refractivity contribution < 1.29 is 9.59 Å². The number of nitrogens with zero attached hydrogens (tertiary/aromatic N) is 3. The maximum Gasteiger partial charge on any atom is 0.264 e. The van der Waals surface area contributed by atoms with Crippen LogP contribution in [0, 0.1) is 12.8 Å². The number of benzene rings is 1. The highest BCUT2D eigenvalue weighted by Gasteiger charge is 2.43. The van der Waals surface area contributed by atoms with Crippen molar-refractivity contribution in [3.8, 4) is 5.69 Å². The van der Waals surface area contributed by atoms with Crippen molar-refractivity contribution in [1.29, 1.82) is 0 Å². The minimum atomic E-state index is -0.0568. The third-order valence-electron chi connectivity index (χ3n) is 5.62. The number of carbonyl (C=O) groups is 2. The number of carbonyl (C=O) groups excluding carboxylic acids is 2. The van der Waals surface area contributed by atoms with Gasteiger partial charge in [-0.15, -0.1) is 11.3 Å². The number of hydrogen-bond acceptors (Lipinski definition) is 4. The molecular weight excluding hydrogens is 360 g/mol. The van der Waals surface area contributed by atoms with Crippen LogP contribution in [0.1, 0.15) is 28.2 Å². The van der Waals surface area contributed by atoms with E-state index in [-0.39, 0.29) is 23.8 Å². The number of rotatable bonds is 2. The SMILES string of the molecule is Cc1nn(-c2ccccc2)c2sc(C(=O)N3CCC[C@H]4C(=O)NC[C@H]43)cc12. The number of hydrogen-bond donors (Lipinski definition) is 1. The quantitative estimate of drug-likeness (QED) is 0.743. The first-order chi connectivity index (χ1) is 13.1. The third-order valence-corrected chi connectivity index (χ3v) is 6.72. The molecule has 6 nitrogen and oxygen atoms in total. The fourth-order valence-electron chi connectivity index (χ4n) is 4.24. The Bertz CT molecular complexity index is 1040. The zero-order valence-corrected chi connectivity index (χ0v) is 15.8. The van der Waals surface area contributed by atoms with E-state index in [0.29, 0.717) is 13.1 Å². The molecule has 138 valence electrons. The number of likely N-dealkylation sites (tertiary alicyclic amines) is 1. The summed E-state index contributed by atoms with van der Waals surface area (Å²) in [6.07, 6.45) is 1.75. The van der Waals surface area contributed by atoms with Crippen LogP contribution in [0.5, 0.6) is 0 Å². The van der Waals surface area contributed by atoms with Gasteiger partial charge in [-0.1, -0.05) is 18.2 Å². The smallest absolute Gasteiger partial charge is 0.264 e. The van der Waals surface area contributed by atoms with E-state index < -0.39 is 0 Å². The van der Waals surface area contributed by atoms with E-state index in [2.05, 4.69) is 10.4 Å². The standard InChI is InChI=1S/C20H20N4O2S/c1-12-15-10-17(27-20(15)24(22-12)13-6-3-2-4-7-13)19(26)23-9-5-8-14-16(23)11-21-18(14)25/h2-4,6-7,10,14,16H,5,8-9,11H2,1H3,(H,21,25)/t14-,16-/m1/s1. The highest BCUT2D eigenvalue weighted by atomic mass is 32.1. The lowest BCUT2D eigenvalue weighted by molar-refractivity contribution is -0.123. The van der Waals surface area contributed by atoms with Crippen LogP contribution in [-0.2, 0) is 4.79 Å². The number of thiophene rings is 1. The molecule has 27 heavy (non-hydrogen) atoms. The van der Waals surface area contributed by atoms with Crippen molar-refractivity contribution in [2.75, 3.05) is 13.1 Å². The Morgan fingerprint density at radius 3 is 2.93 bits per heavy atom. The highest BCUT2D eigenvalue weighted by Crippen LogP contribution is 2.34. The molecule has 0 radical (unpaired) electrons. The minimum absolute atomic E-state index is 0.0179. The van der Waals surface area contributed by atoms with Gasteiger partial charge in [0, 0.05) is 18.5 Å². The molecule has 1 aromatic carbocycles. The predicted octanol–water partition coefficient (Wildman–Crippen LogP) is 2.75. The van der Waals surface area contributed by atoms with E-state index in [4.69, 9.17) is 0 Å². The van der Waals surface area contributed by atoms with Crippen molar-refractivity contribution >= 4 is 33.4 Å². The molecule has 2 atom stereocenters. The van der Waals surface area contributed by atoms with Gasteiger partial charge in [0.15, 0.2) is 0 Å². The first kappa shape index (κ1) is 16.5. The Labute approximate surface area is 160 Å². The molecule has 2 aliphatic heterocycles. The number of aryl methyl sites for hydroxylation is 1. The van der Waals surface area contributed by atoms with E-state index in [1.165, 1.54) is 11.3 Å². The Morgan fingerprint density at radius 1 is 1.30 bits per heavy atom. The van der Waals surface area contributed by atoms with Crippen LogP contribution in [0.15, 0.2) is 36.4 Å². The van der Waals surface area contributed by atoms with Crippen LogP contribution < -0.4 is 5.32 Å². The molecule has 0 aliphatic carbocycles. The lowest BCUT2D eigenvalue weighted by Gasteiger charge is -2.35. The first-order valence-corrected chi connectivity index (χ1v) is 10.1. The second-order valence-electron chi connectivity index (χ2n) is 7.22. The van der Waals surface area contributed by atoms with E-state index in [1.54, 1.807) is 0 Å². The number of para-hydroxylation sites is 1. The van der Waals surface area contributed by atoms with Crippen LogP contribution >= 0.6 is 11.3 Å². The van der Waals surface area contributed by atoms with Crippen molar-refractivity contribution in [2.45, 2.75) is 25.8 Å². The molecular formula is C20H20N4O2S. The molecule has 2 aromatic heterocycles. The van der Waals surface area contributed by atoms with Crippen molar-refractivity contribution in [2.24, 2.45) is 5.92 Å². The summed E-state index contributed by atoms with van der Waals surface area (Å²) in [4.78, 5) is 28.8. The lowest BCUT2D eigenvalue weighted by Crippen LogP contribution is -2.48. The van der Waals surface area contributed by atoms with Crippen LogP contribution in [0.2, 0.25) is 0 Å². The van der Waals surface area contributed by atoms with Crippen molar-refractivity contribution in [3.63, 3.8) is 0 Å². The summed E-state index contributed by atoms with van der Waals surface area (Å²) in [5.74, 6) is 0.0597. The van der Waals surface area contributed by atoms with Crippen LogP contribution in [0.4, 0.5) is 0 Å². The van der Waals surface area contributed by atoms with Crippen LogP contribution in [0.3, 0.4) is 0 Å². The molecule has 2 aliphatic rings. The molecule has 3 aromatic rings. The van der Waals surface area contributed by atoms with E-state index in [9.17, 15) is 9.59 Å². The fraction of sp³-hybridized carbons (Fsp3) is 0.350. The van der Waals surface area contributed by atoms with Crippen LogP contribution in [-0.4, -0.2) is 45.6 Å². The molecule has 4 heterocycles. The molecule has 2 amide bonds. The molecule has 5 rings (SSSR count). The van der Waals surface area contributed by atoms with Crippen LogP contribution in [0.25, 0.3) is 15.9 Å². The Morgan fingerprint density at radius 2 is 2.11 bits per heavy atom. The predicted molar refractivity (Wildman–Crippen MR) is 104 cm³/mol. The number of piperidine rings is 1. The number of amides is 2. The summed E-state index contributed by atoms with van der Waals surface area (Å²) >= 11 is 1.48. The maximum atomic E-state index is 13.2. The first-order valence-electron chi connectivity index (χ1n) is 9.27. The minimum Gasteiger partial charge on any atom is -0.354 e. The average Bonchev–Trinajstić information content (AvgIpc) is 3.37. The molecule has 2 fully saturated rings. The van der Waals surface area contributed by atoms with Gasteiger partial charge < -0.3 is 10.2 Å². The summed E-state index contributed by atoms with van der Waals surface area (Å²) < 4.78 is 1.91. The van der Waals surface area contributed by atoms with Gasteiger partial charge in [-0.05, 0) is 38.0 Å². The zero-order valence-electron chi connectivity index (χ0n) is 15.0. The van der Waals surface area contributed by atoms with Gasteiger partial charge in [0.05, 0.1) is 28.2 Å². The normalized spacial score (nSPS) is 22.1. The van der Waals surface area contributed by atoms with Gasteiger partial charge in [-0.2, -0.15) is 5.10 Å². The Balaban J connectivity index is 1.52. The van der Waals surface area contributed by atoms with Gasteiger partial charge in [0.1, 0.15) is 4.83 Å². The Kier molecular flexibility index (Phi) is 3.79. The average molecular weight is 380 g/mol. The molecule has 0 spiro atoms. The van der Waals surface area contributed by atoms with E-state index in [0.717, 1.165) is 39.3 Å². The molecule has 2 saturated heterocycles. The van der Waals surface area contributed by atoms with Gasteiger partial charge in [0.25, 0.3) is 5.91 Å².